The second-order valence-corrected chi connectivity index (χ2v) is 4.10. The second-order valence-electron chi connectivity index (χ2n) is 4.10. The highest BCUT2D eigenvalue weighted by atomic mass is 16.4. The first-order chi connectivity index (χ1) is 8.95. The van der Waals surface area contributed by atoms with Crippen LogP contribution < -0.4 is 5.32 Å². The van der Waals surface area contributed by atoms with Gasteiger partial charge in [-0.1, -0.05) is 12.1 Å². The molecule has 0 heterocycles. The number of urea groups is 1. The van der Waals surface area contributed by atoms with E-state index in [1.165, 1.54) is 14.0 Å². The van der Waals surface area contributed by atoms with Crippen molar-refractivity contribution in [1.29, 1.82) is 5.26 Å². The van der Waals surface area contributed by atoms with Crippen molar-refractivity contribution in [3.8, 4) is 6.07 Å². The molecule has 0 aliphatic heterocycles. The van der Waals surface area contributed by atoms with E-state index in [4.69, 9.17) is 10.4 Å². The minimum atomic E-state index is -1.07. The van der Waals surface area contributed by atoms with Gasteiger partial charge in [-0.2, -0.15) is 5.26 Å². The second kappa shape index (κ2) is 6.40. The van der Waals surface area contributed by atoms with Gasteiger partial charge in [0.25, 0.3) is 0 Å². The Balaban J connectivity index is 2.59. The molecule has 0 saturated carbocycles. The van der Waals surface area contributed by atoms with Gasteiger partial charge in [0.2, 0.25) is 0 Å². The molecule has 2 amide bonds. The lowest BCUT2D eigenvalue weighted by Gasteiger charge is -2.21. The Bertz CT molecular complexity index is 522. The molecular formula is C13H15N3O3. The summed E-state index contributed by atoms with van der Waals surface area (Å²) in [6.45, 7) is 1.67. The molecule has 19 heavy (non-hydrogen) atoms. The van der Waals surface area contributed by atoms with Gasteiger partial charge in [0, 0.05) is 13.6 Å². The largest absolute Gasteiger partial charge is 0.480 e. The minimum absolute atomic E-state index is 0.241. The summed E-state index contributed by atoms with van der Waals surface area (Å²) in [5.74, 6) is -1.07. The zero-order valence-electron chi connectivity index (χ0n) is 10.8. The van der Waals surface area contributed by atoms with Gasteiger partial charge in [0.05, 0.1) is 11.6 Å². The summed E-state index contributed by atoms with van der Waals surface area (Å²) in [5, 5.41) is 20.1. The van der Waals surface area contributed by atoms with Crippen LogP contribution in [0.2, 0.25) is 0 Å². The molecule has 0 aromatic heterocycles. The Hall–Kier alpha value is -2.55. The molecule has 0 aliphatic rings. The maximum absolute atomic E-state index is 11.7. The van der Waals surface area contributed by atoms with Gasteiger partial charge in [0.1, 0.15) is 6.04 Å². The summed E-state index contributed by atoms with van der Waals surface area (Å²) in [5.41, 5.74) is 1.29. The van der Waals surface area contributed by atoms with Crippen LogP contribution in [0.4, 0.5) is 4.79 Å². The van der Waals surface area contributed by atoms with Crippen molar-refractivity contribution < 1.29 is 14.7 Å². The number of hydrogen-bond acceptors (Lipinski definition) is 3. The van der Waals surface area contributed by atoms with Crippen molar-refractivity contribution in [2.24, 2.45) is 0 Å². The number of rotatable bonds is 4. The van der Waals surface area contributed by atoms with Crippen molar-refractivity contribution in [2.45, 2.75) is 19.5 Å². The molecule has 1 aromatic carbocycles. The maximum atomic E-state index is 11.7. The molecule has 0 bridgehead atoms. The number of carbonyl (C=O) groups is 2. The molecule has 0 aliphatic carbocycles. The number of amides is 2. The number of benzene rings is 1. The van der Waals surface area contributed by atoms with Crippen LogP contribution in [0.15, 0.2) is 24.3 Å². The third-order valence-corrected chi connectivity index (χ3v) is 2.76. The Morgan fingerprint density at radius 2 is 2.21 bits per heavy atom. The number of carboxylic acid groups (broad SMARTS) is 1. The van der Waals surface area contributed by atoms with Crippen molar-refractivity contribution in [2.75, 3.05) is 7.05 Å². The molecule has 1 atom stereocenters. The average Bonchev–Trinajstić information content (AvgIpc) is 2.43. The number of aliphatic carboxylic acids is 1. The maximum Gasteiger partial charge on any atom is 0.326 e. The number of nitrogens with one attached hydrogen (secondary N) is 1. The van der Waals surface area contributed by atoms with E-state index in [0.717, 1.165) is 10.5 Å². The predicted molar refractivity (Wildman–Crippen MR) is 68.3 cm³/mol. The molecule has 6 heteroatoms. The van der Waals surface area contributed by atoms with E-state index in [1.807, 2.05) is 6.07 Å². The zero-order chi connectivity index (χ0) is 14.4. The van der Waals surface area contributed by atoms with Crippen molar-refractivity contribution in [1.82, 2.24) is 10.2 Å². The number of carbonyl (C=O) groups excluding carboxylic acids is 1. The van der Waals surface area contributed by atoms with Gasteiger partial charge >= 0.3 is 12.0 Å². The smallest absolute Gasteiger partial charge is 0.326 e. The fourth-order valence-electron chi connectivity index (χ4n) is 1.39. The first-order valence-electron chi connectivity index (χ1n) is 5.68. The highest BCUT2D eigenvalue weighted by Crippen LogP contribution is 2.04. The quantitative estimate of drug-likeness (QED) is 0.850. The molecule has 6 nitrogen and oxygen atoms in total. The lowest BCUT2D eigenvalue weighted by atomic mass is 10.1. The summed E-state index contributed by atoms with van der Waals surface area (Å²) in [6, 6.07) is 7.48. The summed E-state index contributed by atoms with van der Waals surface area (Å²) in [4.78, 5) is 23.6. The van der Waals surface area contributed by atoms with E-state index in [0.29, 0.717) is 5.56 Å². The Morgan fingerprint density at radius 1 is 1.53 bits per heavy atom. The third-order valence-electron chi connectivity index (χ3n) is 2.76. The van der Waals surface area contributed by atoms with Crippen molar-refractivity contribution in [3.05, 3.63) is 35.4 Å². The molecule has 1 rings (SSSR count). The van der Waals surface area contributed by atoms with E-state index in [9.17, 15) is 9.59 Å². The number of likely N-dealkylation sites (N-methyl/N-ethyl adjacent to an activating group) is 1. The average molecular weight is 261 g/mol. The predicted octanol–water partition coefficient (Wildman–Crippen LogP) is 1.17. The standard InChI is InChI=1S/C13H15N3O3/c1-9(12(17)18)16(2)13(19)15-8-11-5-3-4-10(6-11)7-14/h3-6,9H,8H2,1-2H3,(H,15,19)(H,17,18). The number of nitriles is 1. The van der Waals surface area contributed by atoms with Crippen LogP contribution in [0.5, 0.6) is 0 Å². The fourth-order valence-corrected chi connectivity index (χ4v) is 1.39. The molecule has 0 radical (unpaired) electrons. The van der Waals surface area contributed by atoms with Gasteiger partial charge in [-0.3, -0.25) is 0 Å². The van der Waals surface area contributed by atoms with E-state index in [1.54, 1.807) is 24.3 Å². The van der Waals surface area contributed by atoms with Crippen LogP contribution in [0.25, 0.3) is 0 Å². The molecule has 1 aromatic rings. The number of hydrogen-bond donors (Lipinski definition) is 2. The normalized spacial score (nSPS) is 11.2. The van der Waals surface area contributed by atoms with E-state index in [-0.39, 0.29) is 6.54 Å². The minimum Gasteiger partial charge on any atom is -0.480 e. The third kappa shape index (κ3) is 4.00. The van der Waals surface area contributed by atoms with Gasteiger partial charge in [-0.15, -0.1) is 0 Å². The topological polar surface area (TPSA) is 93.4 Å². The van der Waals surface area contributed by atoms with Crippen LogP contribution in [0, 0.1) is 11.3 Å². The molecular weight excluding hydrogens is 246 g/mol. The number of carboxylic acids is 1. The monoisotopic (exact) mass is 261 g/mol. The summed E-state index contributed by atoms with van der Waals surface area (Å²) in [6.07, 6.45) is 0. The first-order valence-corrected chi connectivity index (χ1v) is 5.68. The molecule has 0 fully saturated rings. The van der Waals surface area contributed by atoms with Crippen molar-refractivity contribution in [3.63, 3.8) is 0 Å². The van der Waals surface area contributed by atoms with E-state index < -0.39 is 18.0 Å². The van der Waals surface area contributed by atoms with Gasteiger partial charge in [-0.05, 0) is 24.6 Å². The van der Waals surface area contributed by atoms with Gasteiger partial charge in [0.15, 0.2) is 0 Å². The van der Waals surface area contributed by atoms with Gasteiger partial charge < -0.3 is 15.3 Å². The highest BCUT2D eigenvalue weighted by Gasteiger charge is 2.21. The van der Waals surface area contributed by atoms with Crippen LogP contribution in [0.3, 0.4) is 0 Å². The molecule has 2 N–H and O–H groups in total. The highest BCUT2D eigenvalue weighted by molar-refractivity contribution is 5.82. The Labute approximate surface area is 111 Å². The molecule has 0 saturated heterocycles. The molecule has 0 spiro atoms. The number of nitrogens with zero attached hydrogens (tertiary/aromatic N) is 2. The van der Waals surface area contributed by atoms with Gasteiger partial charge in [-0.25, -0.2) is 9.59 Å². The Kier molecular flexibility index (Phi) is 4.89. The molecule has 1 unspecified atom stereocenters. The lowest BCUT2D eigenvalue weighted by Crippen LogP contribution is -2.45. The Morgan fingerprint density at radius 3 is 2.79 bits per heavy atom. The summed E-state index contributed by atoms with van der Waals surface area (Å²) >= 11 is 0. The van der Waals surface area contributed by atoms with Crippen LogP contribution in [-0.4, -0.2) is 35.1 Å². The van der Waals surface area contributed by atoms with Crippen LogP contribution in [-0.2, 0) is 11.3 Å². The fraction of sp³-hybridized carbons (Fsp3) is 0.308. The van der Waals surface area contributed by atoms with Crippen molar-refractivity contribution >= 4 is 12.0 Å². The molecule has 100 valence electrons. The van der Waals surface area contributed by atoms with Crippen LogP contribution >= 0.6 is 0 Å². The first kappa shape index (κ1) is 14.5. The van der Waals surface area contributed by atoms with E-state index in [2.05, 4.69) is 5.32 Å². The lowest BCUT2D eigenvalue weighted by molar-refractivity contribution is -0.141. The summed E-state index contributed by atoms with van der Waals surface area (Å²) < 4.78 is 0. The summed E-state index contributed by atoms with van der Waals surface area (Å²) in [7, 11) is 1.42. The van der Waals surface area contributed by atoms with E-state index >= 15 is 0 Å². The zero-order valence-corrected chi connectivity index (χ0v) is 10.8. The van der Waals surface area contributed by atoms with Crippen LogP contribution in [0.1, 0.15) is 18.1 Å². The SMILES string of the molecule is CC(C(=O)O)N(C)C(=O)NCc1cccc(C#N)c1.